The molecule has 0 unspecified atom stereocenters. The average molecular weight is 251 g/mol. The van der Waals surface area contributed by atoms with Crippen molar-refractivity contribution in [3.05, 3.63) is 35.4 Å². The molecule has 6 heteroatoms. The topological polar surface area (TPSA) is 73.1 Å². The molecule has 88 valence electrons. The number of benzene rings is 1. The van der Waals surface area contributed by atoms with Crippen molar-refractivity contribution in [1.29, 1.82) is 0 Å². The van der Waals surface area contributed by atoms with Gasteiger partial charge in [0, 0.05) is 18.1 Å². The molecule has 1 aromatic heterocycles. The van der Waals surface area contributed by atoms with E-state index in [0.717, 1.165) is 0 Å². The predicted molar refractivity (Wildman–Crippen MR) is 67.5 cm³/mol. The van der Waals surface area contributed by atoms with Crippen molar-refractivity contribution in [1.82, 2.24) is 9.97 Å². The Bertz CT molecular complexity index is 533. The lowest BCUT2D eigenvalue weighted by atomic mass is 10.3. The summed E-state index contributed by atoms with van der Waals surface area (Å²) in [5.41, 5.74) is 5.62. The first-order chi connectivity index (χ1) is 8.17. The van der Waals surface area contributed by atoms with Gasteiger partial charge >= 0.3 is 0 Å². The Hall–Kier alpha value is -2.01. The molecule has 2 rings (SSSR count). The molecular weight excluding hydrogens is 240 g/mol. The van der Waals surface area contributed by atoms with E-state index in [1.54, 1.807) is 37.4 Å². The third kappa shape index (κ3) is 2.98. The van der Waals surface area contributed by atoms with Crippen LogP contribution in [0.5, 0.6) is 11.6 Å². The Morgan fingerprint density at radius 1 is 1.29 bits per heavy atom. The molecule has 0 aliphatic carbocycles. The number of nitrogen functional groups attached to an aromatic ring is 1. The molecule has 0 bridgehead atoms. The number of anilines is 2. The molecule has 0 saturated carbocycles. The Balaban J connectivity index is 2.26. The summed E-state index contributed by atoms with van der Waals surface area (Å²) in [5.74, 6) is 1.70. The van der Waals surface area contributed by atoms with E-state index in [1.807, 2.05) is 0 Å². The summed E-state index contributed by atoms with van der Waals surface area (Å²) in [6.45, 7) is 0. The van der Waals surface area contributed by atoms with Crippen LogP contribution < -0.4 is 15.8 Å². The fraction of sp³-hybridized carbons (Fsp3) is 0.0909. The maximum absolute atomic E-state index is 5.85. The predicted octanol–water partition coefficient (Wildman–Crippen LogP) is 2.55. The summed E-state index contributed by atoms with van der Waals surface area (Å²) in [4.78, 5) is 8.07. The Labute approximate surface area is 104 Å². The van der Waals surface area contributed by atoms with E-state index in [2.05, 4.69) is 15.3 Å². The number of nitrogens with zero attached hydrogens (tertiary/aromatic N) is 2. The van der Waals surface area contributed by atoms with Crippen LogP contribution in [0.15, 0.2) is 30.3 Å². The molecule has 1 aromatic carbocycles. The Morgan fingerprint density at radius 3 is 2.82 bits per heavy atom. The second-order valence-electron chi connectivity index (χ2n) is 3.26. The van der Waals surface area contributed by atoms with Crippen LogP contribution in [0, 0.1) is 0 Å². The van der Waals surface area contributed by atoms with Crippen LogP contribution in [-0.4, -0.2) is 17.0 Å². The van der Waals surface area contributed by atoms with Gasteiger partial charge in [-0.3, -0.25) is 0 Å². The SMILES string of the molecule is CNc1nc(N)cc(Oc2cccc(Cl)c2)n1. The van der Waals surface area contributed by atoms with Gasteiger partial charge in [0.25, 0.3) is 0 Å². The van der Waals surface area contributed by atoms with Gasteiger partial charge in [0.2, 0.25) is 11.8 Å². The molecule has 2 aromatic rings. The van der Waals surface area contributed by atoms with Crippen molar-refractivity contribution < 1.29 is 4.74 Å². The van der Waals surface area contributed by atoms with Crippen molar-refractivity contribution in [2.75, 3.05) is 18.1 Å². The summed E-state index contributed by atoms with van der Waals surface area (Å²) >= 11 is 5.85. The summed E-state index contributed by atoms with van der Waals surface area (Å²) in [6.07, 6.45) is 0. The summed E-state index contributed by atoms with van der Waals surface area (Å²) in [7, 11) is 1.71. The van der Waals surface area contributed by atoms with Crippen LogP contribution in [-0.2, 0) is 0 Å². The second-order valence-corrected chi connectivity index (χ2v) is 3.70. The highest BCUT2D eigenvalue weighted by Gasteiger charge is 2.04. The van der Waals surface area contributed by atoms with Crippen molar-refractivity contribution in [2.24, 2.45) is 0 Å². The highest BCUT2D eigenvalue weighted by atomic mass is 35.5. The van der Waals surface area contributed by atoms with E-state index < -0.39 is 0 Å². The normalized spacial score (nSPS) is 10.0. The van der Waals surface area contributed by atoms with Gasteiger partial charge in [-0.2, -0.15) is 9.97 Å². The first-order valence-electron chi connectivity index (χ1n) is 4.93. The highest BCUT2D eigenvalue weighted by molar-refractivity contribution is 6.30. The van der Waals surface area contributed by atoms with Crippen LogP contribution in [0.25, 0.3) is 0 Å². The van der Waals surface area contributed by atoms with Gasteiger partial charge in [0.15, 0.2) is 0 Å². The van der Waals surface area contributed by atoms with Crippen LogP contribution in [0.2, 0.25) is 5.02 Å². The van der Waals surface area contributed by atoms with Crippen molar-refractivity contribution >= 4 is 23.4 Å². The number of ether oxygens (including phenoxy) is 1. The number of halogens is 1. The second kappa shape index (κ2) is 4.88. The van der Waals surface area contributed by atoms with E-state index in [4.69, 9.17) is 22.1 Å². The van der Waals surface area contributed by atoms with Gasteiger partial charge in [-0.15, -0.1) is 0 Å². The molecule has 0 aliphatic heterocycles. The molecule has 1 heterocycles. The molecule has 0 amide bonds. The van der Waals surface area contributed by atoms with E-state index in [1.165, 1.54) is 0 Å². The fourth-order valence-corrected chi connectivity index (χ4v) is 1.44. The largest absolute Gasteiger partial charge is 0.439 e. The van der Waals surface area contributed by atoms with E-state index >= 15 is 0 Å². The third-order valence-corrected chi connectivity index (χ3v) is 2.20. The molecular formula is C11H11ClN4O. The van der Waals surface area contributed by atoms with Gasteiger partial charge in [-0.1, -0.05) is 17.7 Å². The molecule has 0 saturated heterocycles. The molecule has 0 aliphatic rings. The van der Waals surface area contributed by atoms with Crippen LogP contribution in [0.1, 0.15) is 0 Å². The first kappa shape index (κ1) is 11.5. The molecule has 3 N–H and O–H groups in total. The minimum absolute atomic E-state index is 0.335. The number of hydrogen-bond acceptors (Lipinski definition) is 5. The lowest BCUT2D eigenvalue weighted by molar-refractivity contribution is 0.463. The zero-order valence-corrected chi connectivity index (χ0v) is 9.90. The zero-order chi connectivity index (χ0) is 12.3. The summed E-state index contributed by atoms with van der Waals surface area (Å²) < 4.78 is 5.53. The quantitative estimate of drug-likeness (QED) is 0.876. The van der Waals surface area contributed by atoms with Gasteiger partial charge in [0.1, 0.15) is 11.6 Å². The van der Waals surface area contributed by atoms with Gasteiger partial charge in [0.05, 0.1) is 0 Å². The molecule has 0 radical (unpaired) electrons. The van der Waals surface area contributed by atoms with Crippen molar-refractivity contribution in [3.8, 4) is 11.6 Å². The molecule has 0 atom stereocenters. The van der Waals surface area contributed by atoms with Gasteiger partial charge in [-0.05, 0) is 18.2 Å². The lowest BCUT2D eigenvalue weighted by Crippen LogP contribution is -2.01. The molecule has 5 nitrogen and oxygen atoms in total. The van der Waals surface area contributed by atoms with Crippen molar-refractivity contribution in [2.45, 2.75) is 0 Å². The maximum atomic E-state index is 5.85. The van der Waals surface area contributed by atoms with Crippen molar-refractivity contribution in [3.63, 3.8) is 0 Å². The molecule has 0 spiro atoms. The number of rotatable bonds is 3. The number of hydrogen-bond donors (Lipinski definition) is 2. The van der Waals surface area contributed by atoms with E-state index in [9.17, 15) is 0 Å². The highest BCUT2D eigenvalue weighted by Crippen LogP contribution is 2.24. The third-order valence-electron chi connectivity index (χ3n) is 1.96. The van der Waals surface area contributed by atoms with Gasteiger partial charge < -0.3 is 15.8 Å². The number of nitrogens with one attached hydrogen (secondary N) is 1. The monoisotopic (exact) mass is 250 g/mol. The number of nitrogens with two attached hydrogens (primary N) is 1. The molecule has 0 fully saturated rings. The maximum Gasteiger partial charge on any atom is 0.227 e. The molecule has 17 heavy (non-hydrogen) atoms. The smallest absolute Gasteiger partial charge is 0.227 e. The van der Waals surface area contributed by atoms with Crippen LogP contribution in [0.4, 0.5) is 11.8 Å². The van der Waals surface area contributed by atoms with E-state index in [-0.39, 0.29) is 0 Å². The first-order valence-corrected chi connectivity index (χ1v) is 5.31. The van der Waals surface area contributed by atoms with Crippen LogP contribution >= 0.6 is 11.6 Å². The van der Waals surface area contributed by atoms with Gasteiger partial charge in [-0.25, -0.2) is 0 Å². The fourth-order valence-electron chi connectivity index (χ4n) is 1.26. The zero-order valence-electron chi connectivity index (χ0n) is 9.14. The standard InChI is InChI=1S/C11H11ClN4O/c1-14-11-15-9(13)6-10(16-11)17-8-4-2-3-7(12)5-8/h2-6H,1H3,(H3,13,14,15,16). The summed E-state index contributed by atoms with van der Waals surface area (Å²) in [5, 5.41) is 3.39. The minimum Gasteiger partial charge on any atom is -0.439 e. The summed E-state index contributed by atoms with van der Waals surface area (Å²) in [6, 6.07) is 8.58. The average Bonchev–Trinajstić information content (AvgIpc) is 2.28. The Morgan fingerprint density at radius 2 is 2.12 bits per heavy atom. The van der Waals surface area contributed by atoms with Crippen LogP contribution in [0.3, 0.4) is 0 Å². The Kier molecular flexibility index (Phi) is 3.30. The number of aromatic nitrogens is 2. The van der Waals surface area contributed by atoms with E-state index in [0.29, 0.717) is 28.4 Å². The lowest BCUT2D eigenvalue weighted by Gasteiger charge is -2.07. The minimum atomic E-state index is 0.335.